The van der Waals surface area contributed by atoms with Crippen molar-refractivity contribution in [2.24, 2.45) is 0 Å². The second kappa shape index (κ2) is 5.14. The van der Waals surface area contributed by atoms with Crippen LogP contribution in [0, 0.1) is 12.9 Å². The van der Waals surface area contributed by atoms with E-state index in [-0.39, 0.29) is 5.91 Å². The van der Waals surface area contributed by atoms with Crippen molar-refractivity contribution in [1.82, 2.24) is 4.98 Å². The fourth-order valence-corrected chi connectivity index (χ4v) is 1.76. The van der Waals surface area contributed by atoms with Crippen LogP contribution in [-0.4, -0.2) is 10.9 Å². The number of rotatable bonds is 2. The Hall–Kier alpha value is -1.94. The molecular formula is C13H10ClFN2O. The van der Waals surface area contributed by atoms with E-state index in [2.05, 4.69) is 10.3 Å². The lowest BCUT2D eigenvalue weighted by Crippen LogP contribution is -2.13. The molecule has 92 valence electrons. The minimum Gasteiger partial charge on any atom is -0.321 e. The van der Waals surface area contributed by atoms with Gasteiger partial charge in [-0.2, -0.15) is 4.39 Å². The normalized spacial score (nSPS) is 10.2. The molecule has 3 nitrogen and oxygen atoms in total. The molecule has 0 radical (unpaired) electrons. The van der Waals surface area contributed by atoms with E-state index in [1.807, 2.05) is 0 Å². The summed E-state index contributed by atoms with van der Waals surface area (Å²) in [5.41, 5.74) is 1.73. The number of nitrogens with one attached hydrogen (secondary N) is 1. The highest BCUT2D eigenvalue weighted by Gasteiger charge is 2.09. The zero-order valence-corrected chi connectivity index (χ0v) is 10.3. The van der Waals surface area contributed by atoms with Crippen molar-refractivity contribution in [2.75, 3.05) is 5.32 Å². The molecule has 0 fully saturated rings. The minimum atomic E-state index is -0.587. The first-order valence-electron chi connectivity index (χ1n) is 5.25. The number of pyridine rings is 1. The summed E-state index contributed by atoms with van der Waals surface area (Å²) in [5.74, 6) is -0.867. The van der Waals surface area contributed by atoms with Gasteiger partial charge in [0.25, 0.3) is 5.91 Å². The molecule has 0 unspecified atom stereocenters. The minimum absolute atomic E-state index is 0.280. The number of hydrogen-bond donors (Lipinski definition) is 1. The number of aryl methyl sites for hydroxylation is 1. The molecule has 0 aliphatic heterocycles. The number of aromatic nitrogens is 1. The van der Waals surface area contributed by atoms with Gasteiger partial charge in [-0.3, -0.25) is 4.79 Å². The maximum Gasteiger partial charge on any atom is 0.255 e. The van der Waals surface area contributed by atoms with Crippen LogP contribution in [0.2, 0.25) is 5.02 Å². The van der Waals surface area contributed by atoms with E-state index in [1.165, 1.54) is 18.3 Å². The summed E-state index contributed by atoms with van der Waals surface area (Å²) in [5, 5.41) is 3.21. The standard InChI is InChI=1S/C13H10ClFN2O/c1-8-6-9(14)2-4-11(8)13(18)17-10-3-5-12(15)16-7-10/h2-7H,1H3,(H,17,18). The first-order chi connectivity index (χ1) is 8.56. The first-order valence-corrected chi connectivity index (χ1v) is 5.63. The van der Waals surface area contributed by atoms with Gasteiger partial charge in [0.15, 0.2) is 0 Å². The van der Waals surface area contributed by atoms with Crippen LogP contribution in [0.4, 0.5) is 10.1 Å². The summed E-state index contributed by atoms with van der Waals surface area (Å²) >= 11 is 5.82. The molecule has 1 aromatic carbocycles. The highest BCUT2D eigenvalue weighted by atomic mass is 35.5. The maximum atomic E-state index is 12.6. The van der Waals surface area contributed by atoms with Crippen molar-refractivity contribution in [3.63, 3.8) is 0 Å². The van der Waals surface area contributed by atoms with Crippen molar-refractivity contribution < 1.29 is 9.18 Å². The van der Waals surface area contributed by atoms with Gasteiger partial charge in [-0.05, 0) is 42.8 Å². The van der Waals surface area contributed by atoms with Crippen LogP contribution in [0.5, 0.6) is 0 Å². The Kier molecular flexibility index (Phi) is 3.58. The SMILES string of the molecule is Cc1cc(Cl)ccc1C(=O)Nc1ccc(F)nc1. The van der Waals surface area contributed by atoms with Crippen molar-refractivity contribution >= 4 is 23.2 Å². The predicted octanol–water partition coefficient (Wildman–Crippen LogP) is 3.43. The molecule has 0 saturated carbocycles. The zero-order chi connectivity index (χ0) is 13.1. The quantitative estimate of drug-likeness (QED) is 0.845. The van der Waals surface area contributed by atoms with Crippen LogP contribution in [0.25, 0.3) is 0 Å². The van der Waals surface area contributed by atoms with Gasteiger partial charge in [0.05, 0.1) is 11.9 Å². The fourth-order valence-electron chi connectivity index (χ4n) is 1.53. The number of amides is 1. The van der Waals surface area contributed by atoms with E-state index in [0.717, 1.165) is 5.56 Å². The van der Waals surface area contributed by atoms with Crippen molar-refractivity contribution in [2.45, 2.75) is 6.92 Å². The second-order valence-corrected chi connectivity index (χ2v) is 4.22. The van der Waals surface area contributed by atoms with Crippen LogP contribution in [0.1, 0.15) is 15.9 Å². The molecule has 0 aliphatic rings. The van der Waals surface area contributed by atoms with E-state index < -0.39 is 5.95 Å². The van der Waals surface area contributed by atoms with Crippen molar-refractivity contribution in [3.05, 3.63) is 58.6 Å². The lowest BCUT2D eigenvalue weighted by molar-refractivity contribution is 0.102. The van der Waals surface area contributed by atoms with Crippen LogP contribution in [0.15, 0.2) is 36.5 Å². The van der Waals surface area contributed by atoms with E-state index in [4.69, 9.17) is 11.6 Å². The zero-order valence-electron chi connectivity index (χ0n) is 9.58. The average molecular weight is 265 g/mol. The third-order valence-corrected chi connectivity index (χ3v) is 2.65. The van der Waals surface area contributed by atoms with E-state index in [1.54, 1.807) is 25.1 Å². The molecule has 0 aliphatic carbocycles. The maximum absolute atomic E-state index is 12.6. The van der Waals surface area contributed by atoms with Crippen LogP contribution in [-0.2, 0) is 0 Å². The Morgan fingerprint density at radius 2 is 2.11 bits per heavy atom. The fraction of sp³-hybridized carbons (Fsp3) is 0.0769. The molecule has 1 amide bonds. The number of carbonyl (C=O) groups excluding carboxylic acids is 1. The molecule has 0 saturated heterocycles. The topological polar surface area (TPSA) is 42.0 Å². The number of hydrogen-bond acceptors (Lipinski definition) is 2. The van der Waals surface area contributed by atoms with Gasteiger partial charge in [0.1, 0.15) is 0 Å². The van der Waals surface area contributed by atoms with Crippen molar-refractivity contribution in [3.8, 4) is 0 Å². The molecule has 0 bridgehead atoms. The molecular weight excluding hydrogens is 255 g/mol. The Morgan fingerprint density at radius 3 is 2.72 bits per heavy atom. The smallest absolute Gasteiger partial charge is 0.255 e. The summed E-state index contributed by atoms with van der Waals surface area (Å²) in [6.07, 6.45) is 1.26. The van der Waals surface area contributed by atoms with Gasteiger partial charge in [-0.15, -0.1) is 0 Å². The van der Waals surface area contributed by atoms with E-state index in [0.29, 0.717) is 16.3 Å². The van der Waals surface area contributed by atoms with Crippen molar-refractivity contribution in [1.29, 1.82) is 0 Å². The molecule has 0 atom stereocenters. The Morgan fingerprint density at radius 1 is 1.33 bits per heavy atom. The monoisotopic (exact) mass is 264 g/mol. The van der Waals surface area contributed by atoms with Gasteiger partial charge in [-0.25, -0.2) is 4.98 Å². The van der Waals surface area contributed by atoms with Gasteiger partial charge in [-0.1, -0.05) is 11.6 Å². The highest BCUT2D eigenvalue weighted by molar-refractivity contribution is 6.30. The third kappa shape index (κ3) is 2.84. The molecule has 2 aromatic rings. The molecule has 18 heavy (non-hydrogen) atoms. The van der Waals surface area contributed by atoms with E-state index >= 15 is 0 Å². The van der Waals surface area contributed by atoms with Crippen LogP contribution >= 0.6 is 11.6 Å². The summed E-state index contributed by atoms with van der Waals surface area (Å²) in [6, 6.07) is 7.63. The Balaban J connectivity index is 2.19. The van der Waals surface area contributed by atoms with Gasteiger partial charge >= 0.3 is 0 Å². The molecule has 1 N–H and O–H groups in total. The summed E-state index contributed by atoms with van der Waals surface area (Å²) in [7, 11) is 0. The first kappa shape index (κ1) is 12.5. The molecule has 1 heterocycles. The molecule has 2 rings (SSSR count). The third-order valence-electron chi connectivity index (χ3n) is 2.42. The van der Waals surface area contributed by atoms with Crippen LogP contribution < -0.4 is 5.32 Å². The molecule has 5 heteroatoms. The number of benzene rings is 1. The number of nitrogens with zero attached hydrogens (tertiary/aromatic N) is 1. The Bertz CT molecular complexity index is 584. The lowest BCUT2D eigenvalue weighted by Gasteiger charge is -2.07. The van der Waals surface area contributed by atoms with Gasteiger partial charge in [0.2, 0.25) is 5.95 Å². The number of halogens is 2. The predicted molar refractivity (Wildman–Crippen MR) is 68.3 cm³/mol. The molecule has 0 spiro atoms. The largest absolute Gasteiger partial charge is 0.321 e. The highest BCUT2D eigenvalue weighted by Crippen LogP contribution is 2.16. The average Bonchev–Trinajstić information content (AvgIpc) is 2.32. The number of carbonyl (C=O) groups is 1. The van der Waals surface area contributed by atoms with Crippen LogP contribution in [0.3, 0.4) is 0 Å². The summed E-state index contributed by atoms with van der Waals surface area (Å²) in [6.45, 7) is 1.80. The van der Waals surface area contributed by atoms with E-state index in [9.17, 15) is 9.18 Å². The number of anilines is 1. The lowest BCUT2D eigenvalue weighted by atomic mass is 10.1. The summed E-state index contributed by atoms with van der Waals surface area (Å²) in [4.78, 5) is 15.4. The van der Waals surface area contributed by atoms with Gasteiger partial charge < -0.3 is 5.32 Å². The second-order valence-electron chi connectivity index (χ2n) is 3.78. The summed E-state index contributed by atoms with van der Waals surface area (Å²) < 4.78 is 12.6. The Labute approximate surface area is 109 Å². The van der Waals surface area contributed by atoms with Gasteiger partial charge in [0, 0.05) is 10.6 Å². The molecule has 1 aromatic heterocycles.